The molecule has 2 N–H and O–H groups in total. The van der Waals surface area contributed by atoms with E-state index >= 15 is 0 Å². The molecule has 0 aliphatic heterocycles. The van der Waals surface area contributed by atoms with Crippen molar-refractivity contribution in [1.82, 2.24) is 19.9 Å². The summed E-state index contributed by atoms with van der Waals surface area (Å²) in [6.45, 7) is 0.802. The van der Waals surface area contributed by atoms with Gasteiger partial charge in [0.25, 0.3) is 5.91 Å². The predicted molar refractivity (Wildman–Crippen MR) is 126 cm³/mol. The standard InChI is InChI=1S/C23H17F5N5O3P/c1-11(34)30-19-10-33-20(31-19)5-4-17(32-33)12-7-15(21(25)18(37)8-12)22(35)29-9-13-6-14(2-3-16(13)24)36-23(26,27)28/h2-8,10H,9,37H2,1H3,(H,29,35)(H,30,34). The monoisotopic (exact) mass is 537 g/mol. The maximum absolute atomic E-state index is 14.8. The molecule has 1 atom stereocenters. The van der Waals surface area contributed by atoms with E-state index in [-0.39, 0.29) is 22.6 Å². The molecule has 0 fully saturated rings. The van der Waals surface area contributed by atoms with E-state index in [9.17, 15) is 31.5 Å². The fraction of sp³-hybridized carbons (Fsp3) is 0.130. The van der Waals surface area contributed by atoms with E-state index in [1.807, 2.05) is 0 Å². The summed E-state index contributed by atoms with van der Waals surface area (Å²) in [6, 6.07) is 8.21. The highest BCUT2D eigenvalue weighted by Crippen LogP contribution is 2.25. The number of imidazole rings is 1. The SMILES string of the molecule is CC(=O)Nc1cn2nc(-c3cc(P)c(F)c(C(=O)NCc4cc(OC(F)(F)F)ccc4F)c3)ccc2n1. The number of nitrogens with one attached hydrogen (secondary N) is 2. The number of ether oxygens (including phenoxy) is 1. The molecular formula is C23H17F5N5O3P. The highest BCUT2D eigenvalue weighted by Gasteiger charge is 2.31. The maximum atomic E-state index is 14.8. The van der Waals surface area contributed by atoms with Gasteiger partial charge in [0.2, 0.25) is 5.91 Å². The van der Waals surface area contributed by atoms with Crippen LogP contribution in [0.1, 0.15) is 22.8 Å². The molecule has 192 valence electrons. The average Bonchev–Trinajstić information content (AvgIpc) is 3.20. The molecule has 4 rings (SSSR count). The van der Waals surface area contributed by atoms with E-state index < -0.39 is 41.8 Å². The van der Waals surface area contributed by atoms with Crippen LogP contribution in [0.3, 0.4) is 0 Å². The maximum Gasteiger partial charge on any atom is 0.573 e. The van der Waals surface area contributed by atoms with E-state index in [0.717, 1.165) is 18.2 Å². The second-order valence-electron chi connectivity index (χ2n) is 7.74. The largest absolute Gasteiger partial charge is 0.573 e. The molecule has 0 aliphatic rings. The van der Waals surface area contributed by atoms with Crippen molar-refractivity contribution >= 4 is 37.8 Å². The van der Waals surface area contributed by atoms with Gasteiger partial charge in [0.15, 0.2) is 11.5 Å². The molecule has 37 heavy (non-hydrogen) atoms. The van der Waals surface area contributed by atoms with Crippen molar-refractivity contribution in [3.8, 4) is 17.0 Å². The molecule has 4 aromatic rings. The topological polar surface area (TPSA) is 97.6 Å². The number of hydrogen-bond donors (Lipinski definition) is 2. The minimum atomic E-state index is -4.98. The molecule has 2 aromatic heterocycles. The van der Waals surface area contributed by atoms with Gasteiger partial charge in [-0.05, 0) is 42.5 Å². The van der Waals surface area contributed by atoms with Crippen LogP contribution in [-0.4, -0.2) is 32.8 Å². The number of amides is 2. The Morgan fingerprint density at radius 1 is 1.11 bits per heavy atom. The number of benzene rings is 2. The molecule has 0 saturated carbocycles. The molecule has 1 unspecified atom stereocenters. The van der Waals surface area contributed by atoms with Gasteiger partial charge in [-0.1, -0.05) is 0 Å². The summed E-state index contributed by atoms with van der Waals surface area (Å²) in [5.74, 6) is -3.38. The van der Waals surface area contributed by atoms with Crippen LogP contribution >= 0.6 is 9.24 Å². The Morgan fingerprint density at radius 2 is 1.86 bits per heavy atom. The highest BCUT2D eigenvalue weighted by molar-refractivity contribution is 7.27. The number of carbonyl (C=O) groups excluding carboxylic acids is 2. The van der Waals surface area contributed by atoms with Crippen LogP contribution in [0.25, 0.3) is 16.9 Å². The van der Waals surface area contributed by atoms with Crippen LogP contribution in [0.2, 0.25) is 0 Å². The molecule has 0 aliphatic carbocycles. The smallest absolute Gasteiger partial charge is 0.406 e. The summed E-state index contributed by atoms with van der Waals surface area (Å²) >= 11 is 0. The van der Waals surface area contributed by atoms with Crippen molar-refractivity contribution in [1.29, 1.82) is 0 Å². The van der Waals surface area contributed by atoms with Gasteiger partial charge in [-0.15, -0.1) is 22.4 Å². The lowest BCUT2D eigenvalue weighted by Gasteiger charge is -2.13. The first-order chi connectivity index (χ1) is 17.4. The van der Waals surface area contributed by atoms with Crippen molar-refractivity contribution in [2.24, 2.45) is 0 Å². The van der Waals surface area contributed by atoms with E-state index in [1.165, 1.54) is 29.8 Å². The first kappa shape index (κ1) is 26.0. The molecule has 8 nitrogen and oxygen atoms in total. The third kappa shape index (κ3) is 6.18. The van der Waals surface area contributed by atoms with Crippen molar-refractivity contribution in [2.75, 3.05) is 5.32 Å². The van der Waals surface area contributed by atoms with Gasteiger partial charge in [0, 0.05) is 29.9 Å². The van der Waals surface area contributed by atoms with E-state index in [1.54, 1.807) is 12.1 Å². The lowest BCUT2D eigenvalue weighted by molar-refractivity contribution is -0.274. The van der Waals surface area contributed by atoms with Gasteiger partial charge in [-0.3, -0.25) is 9.59 Å². The van der Waals surface area contributed by atoms with Crippen LogP contribution < -0.4 is 20.7 Å². The number of anilines is 1. The van der Waals surface area contributed by atoms with Crippen LogP contribution in [-0.2, 0) is 11.3 Å². The van der Waals surface area contributed by atoms with Crippen LogP contribution in [0.5, 0.6) is 5.75 Å². The van der Waals surface area contributed by atoms with E-state index in [0.29, 0.717) is 16.9 Å². The van der Waals surface area contributed by atoms with Gasteiger partial charge in [-0.2, -0.15) is 5.10 Å². The first-order valence-corrected chi connectivity index (χ1v) is 11.0. The van der Waals surface area contributed by atoms with E-state index in [4.69, 9.17) is 0 Å². The van der Waals surface area contributed by atoms with Gasteiger partial charge in [-0.25, -0.2) is 18.3 Å². The van der Waals surface area contributed by atoms with Crippen LogP contribution in [0.4, 0.5) is 27.8 Å². The Hall–Kier alpha value is -4.12. The lowest BCUT2D eigenvalue weighted by Crippen LogP contribution is -2.26. The van der Waals surface area contributed by atoms with Crippen molar-refractivity contribution in [3.63, 3.8) is 0 Å². The first-order valence-electron chi connectivity index (χ1n) is 10.5. The molecule has 0 spiro atoms. The van der Waals surface area contributed by atoms with Gasteiger partial charge >= 0.3 is 6.36 Å². The molecule has 0 radical (unpaired) electrons. The van der Waals surface area contributed by atoms with Crippen molar-refractivity contribution in [2.45, 2.75) is 19.8 Å². The Labute approximate surface area is 208 Å². The Morgan fingerprint density at radius 3 is 2.57 bits per heavy atom. The number of alkyl halides is 3. The summed E-state index contributed by atoms with van der Waals surface area (Å²) in [5, 5.41) is 9.25. The second kappa shape index (κ2) is 10.1. The zero-order chi connectivity index (χ0) is 26.9. The van der Waals surface area contributed by atoms with Crippen molar-refractivity contribution in [3.05, 3.63) is 71.4 Å². The minimum Gasteiger partial charge on any atom is -0.406 e. The molecule has 2 amide bonds. The number of hydrogen-bond acceptors (Lipinski definition) is 5. The minimum absolute atomic E-state index is 0.0425. The summed E-state index contributed by atoms with van der Waals surface area (Å²) in [7, 11) is 2.16. The van der Waals surface area contributed by atoms with Gasteiger partial charge in [0.1, 0.15) is 17.4 Å². The number of fused-ring (bicyclic) bond motifs is 1. The van der Waals surface area contributed by atoms with Crippen LogP contribution in [0.15, 0.2) is 48.7 Å². The summed E-state index contributed by atoms with van der Waals surface area (Å²) < 4.78 is 71.4. The summed E-state index contributed by atoms with van der Waals surface area (Å²) in [6.07, 6.45) is -3.50. The molecule has 0 bridgehead atoms. The molecule has 14 heteroatoms. The average molecular weight is 537 g/mol. The van der Waals surface area contributed by atoms with Gasteiger partial charge in [0.05, 0.1) is 17.5 Å². The predicted octanol–water partition coefficient (Wildman–Crippen LogP) is 3.96. The summed E-state index contributed by atoms with van der Waals surface area (Å²) in [4.78, 5) is 28.2. The fourth-order valence-electron chi connectivity index (χ4n) is 3.39. The lowest BCUT2D eigenvalue weighted by atomic mass is 10.1. The third-order valence-corrected chi connectivity index (χ3v) is 5.38. The molecular weight excluding hydrogens is 520 g/mol. The Bertz CT molecular complexity index is 1520. The summed E-state index contributed by atoms with van der Waals surface area (Å²) in [5.41, 5.74) is 0.453. The normalized spacial score (nSPS) is 11.4. The fourth-order valence-corrected chi connectivity index (χ4v) is 3.73. The highest BCUT2D eigenvalue weighted by atomic mass is 31.0. The zero-order valence-electron chi connectivity index (χ0n) is 18.9. The third-order valence-electron chi connectivity index (χ3n) is 4.96. The number of halogens is 5. The van der Waals surface area contributed by atoms with Crippen LogP contribution in [0, 0.1) is 11.6 Å². The number of carbonyl (C=O) groups is 2. The Kier molecular flexibility index (Phi) is 7.08. The number of aromatic nitrogens is 3. The Balaban J connectivity index is 1.58. The van der Waals surface area contributed by atoms with E-state index in [2.05, 4.69) is 34.7 Å². The van der Waals surface area contributed by atoms with Gasteiger partial charge < -0.3 is 15.4 Å². The molecule has 2 aromatic carbocycles. The van der Waals surface area contributed by atoms with Crippen molar-refractivity contribution < 1.29 is 36.3 Å². The molecule has 0 saturated heterocycles. The quantitative estimate of drug-likeness (QED) is 0.287. The number of nitrogens with zero attached hydrogens (tertiary/aromatic N) is 3. The number of rotatable bonds is 6. The zero-order valence-corrected chi connectivity index (χ0v) is 20.0. The molecule has 2 heterocycles. The second-order valence-corrected chi connectivity index (χ2v) is 8.36.